The van der Waals surface area contributed by atoms with Gasteiger partial charge in [-0.1, -0.05) is 54.1 Å². The van der Waals surface area contributed by atoms with Crippen molar-refractivity contribution in [1.82, 2.24) is 24.9 Å². The summed E-state index contributed by atoms with van der Waals surface area (Å²) in [6, 6.07) is 23.0. The molecule has 9 heteroatoms. The van der Waals surface area contributed by atoms with E-state index in [9.17, 15) is 5.11 Å². The molecular formula is C32H27ClN6O2. The summed E-state index contributed by atoms with van der Waals surface area (Å²) in [4.78, 5) is 23.2. The predicted octanol–water partition coefficient (Wildman–Crippen LogP) is 6.39. The van der Waals surface area contributed by atoms with Gasteiger partial charge in [0.25, 0.3) is 0 Å². The Labute approximate surface area is 241 Å². The highest BCUT2D eigenvalue weighted by Gasteiger charge is 2.20. The summed E-state index contributed by atoms with van der Waals surface area (Å²) in [7, 11) is 0. The van der Waals surface area contributed by atoms with E-state index < -0.39 is 5.60 Å². The highest BCUT2D eigenvalue weighted by atomic mass is 35.5. The third kappa shape index (κ3) is 5.66. The van der Waals surface area contributed by atoms with Crippen molar-refractivity contribution in [3.8, 4) is 22.5 Å². The number of oxazole rings is 1. The highest BCUT2D eigenvalue weighted by molar-refractivity contribution is 6.35. The molecule has 0 radical (unpaired) electrons. The first kappa shape index (κ1) is 26.6. The van der Waals surface area contributed by atoms with Crippen LogP contribution in [0.15, 0.2) is 89.6 Å². The lowest BCUT2D eigenvalue weighted by molar-refractivity contribution is 0.0736. The van der Waals surface area contributed by atoms with E-state index in [2.05, 4.69) is 15.0 Å². The van der Waals surface area contributed by atoms with Crippen molar-refractivity contribution in [1.29, 1.82) is 0 Å². The quantitative estimate of drug-likeness (QED) is 0.229. The van der Waals surface area contributed by atoms with Gasteiger partial charge in [-0.25, -0.2) is 15.0 Å². The second kappa shape index (κ2) is 10.7. The molecule has 204 valence electrons. The van der Waals surface area contributed by atoms with E-state index in [1.807, 2.05) is 66.7 Å². The molecule has 0 unspecified atom stereocenters. The summed E-state index contributed by atoms with van der Waals surface area (Å²) < 4.78 is 6.04. The number of pyridine rings is 2. The van der Waals surface area contributed by atoms with Gasteiger partial charge in [0.05, 0.1) is 58.0 Å². The molecular weight excluding hydrogens is 536 g/mol. The van der Waals surface area contributed by atoms with Gasteiger partial charge in [-0.15, -0.1) is 0 Å². The van der Waals surface area contributed by atoms with Crippen LogP contribution in [0.2, 0.25) is 5.02 Å². The zero-order chi connectivity index (χ0) is 28.6. The van der Waals surface area contributed by atoms with Crippen molar-refractivity contribution < 1.29 is 9.52 Å². The van der Waals surface area contributed by atoms with Gasteiger partial charge in [0.1, 0.15) is 17.2 Å². The number of nitrogen functional groups attached to an aromatic ring is 1. The Morgan fingerprint density at radius 3 is 2.46 bits per heavy atom. The van der Waals surface area contributed by atoms with E-state index in [0.717, 1.165) is 27.7 Å². The summed E-state index contributed by atoms with van der Waals surface area (Å²) in [6.07, 6.45) is 4.07. The van der Waals surface area contributed by atoms with Crippen molar-refractivity contribution >= 4 is 28.3 Å². The fourth-order valence-electron chi connectivity index (χ4n) is 4.65. The van der Waals surface area contributed by atoms with Gasteiger partial charge in [-0.05, 0) is 44.2 Å². The van der Waals surface area contributed by atoms with Gasteiger partial charge < -0.3 is 15.3 Å². The number of benzene rings is 2. The number of aromatic nitrogens is 5. The summed E-state index contributed by atoms with van der Waals surface area (Å²) >= 11 is 6.64. The summed E-state index contributed by atoms with van der Waals surface area (Å²) in [6.45, 7) is 3.40. The van der Waals surface area contributed by atoms with Crippen LogP contribution in [0.25, 0.3) is 33.4 Å². The first-order valence-electron chi connectivity index (χ1n) is 13.1. The van der Waals surface area contributed by atoms with Gasteiger partial charge in [-0.3, -0.25) is 9.97 Å². The molecule has 3 N–H and O–H groups in total. The molecule has 41 heavy (non-hydrogen) atoms. The maximum Gasteiger partial charge on any atom is 0.200 e. The molecule has 8 nitrogen and oxygen atoms in total. The van der Waals surface area contributed by atoms with Gasteiger partial charge in [0.2, 0.25) is 0 Å². The molecule has 2 aromatic carbocycles. The molecule has 0 aliphatic carbocycles. The Bertz CT molecular complexity index is 1860. The van der Waals surface area contributed by atoms with E-state index in [1.165, 1.54) is 0 Å². The van der Waals surface area contributed by atoms with Crippen LogP contribution in [0.1, 0.15) is 42.6 Å². The Kier molecular flexibility index (Phi) is 6.95. The topological polar surface area (TPSA) is 124 Å². The molecule has 4 heterocycles. The summed E-state index contributed by atoms with van der Waals surface area (Å²) in [5, 5.41) is 11.7. The SMILES string of the molecule is CC(C)(O)c1cccc(Cc2ncc(Cc3nc(-c4cc(Cl)c5ncccc5c4)c(-c4ccccc4)nc3N)o2)n1. The van der Waals surface area contributed by atoms with Crippen molar-refractivity contribution in [3.63, 3.8) is 0 Å². The standard InChI is InChI=1S/C32H27ClN6O2/c1-32(2,40)26-12-6-11-22(37-26)16-27-36-18-23(41-27)17-25-31(34)39-29(19-8-4-3-5-9-19)30(38-25)21-14-20-10-7-13-35-28(20)24(33)15-21/h3-15,18,40H,16-17H2,1-2H3,(H2,34,39). The number of nitrogens with two attached hydrogens (primary N) is 1. The second-order valence-corrected chi connectivity index (χ2v) is 10.7. The average molecular weight is 563 g/mol. The molecule has 0 atom stereocenters. The minimum atomic E-state index is -1.04. The maximum absolute atomic E-state index is 10.3. The van der Waals surface area contributed by atoms with Gasteiger partial charge in [0, 0.05) is 22.7 Å². The van der Waals surface area contributed by atoms with Crippen LogP contribution in [0.3, 0.4) is 0 Å². The third-order valence-electron chi connectivity index (χ3n) is 6.69. The third-order valence-corrected chi connectivity index (χ3v) is 6.98. The highest BCUT2D eigenvalue weighted by Crippen LogP contribution is 2.35. The van der Waals surface area contributed by atoms with Gasteiger partial charge in [-0.2, -0.15) is 0 Å². The minimum Gasteiger partial charge on any atom is -0.445 e. The minimum absolute atomic E-state index is 0.300. The van der Waals surface area contributed by atoms with E-state index >= 15 is 0 Å². The molecule has 0 aliphatic heterocycles. The number of fused-ring (bicyclic) bond motifs is 1. The second-order valence-electron chi connectivity index (χ2n) is 10.3. The van der Waals surface area contributed by atoms with E-state index in [4.69, 9.17) is 31.7 Å². The van der Waals surface area contributed by atoms with E-state index in [0.29, 0.717) is 58.1 Å². The molecule has 0 saturated carbocycles. The summed E-state index contributed by atoms with van der Waals surface area (Å²) in [5.74, 6) is 1.40. The monoisotopic (exact) mass is 562 g/mol. The Morgan fingerprint density at radius 2 is 1.66 bits per heavy atom. The largest absolute Gasteiger partial charge is 0.445 e. The number of aliphatic hydroxyl groups is 1. The average Bonchev–Trinajstić information content (AvgIpc) is 3.40. The molecule has 0 fully saturated rings. The number of halogens is 1. The van der Waals surface area contributed by atoms with Crippen LogP contribution in [0, 0.1) is 0 Å². The predicted molar refractivity (Wildman–Crippen MR) is 159 cm³/mol. The Morgan fingerprint density at radius 1 is 0.854 bits per heavy atom. The van der Waals surface area contributed by atoms with Gasteiger partial charge in [0.15, 0.2) is 5.89 Å². The maximum atomic E-state index is 10.3. The van der Waals surface area contributed by atoms with Crippen LogP contribution in [0.5, 0.6) is 0 Å². The smallest absolute Gasteiger partial charge is 0.200 e. The van der Waals surface area contributed by atoms with Crippen molar-refractivity contribution in [2.75, 3.05) is 5.73 Å². The number of anilines is 1. The fourth-order valence-corrected chi connectivity index (χ4v) is 4.92. The Hall–Kier alpha value is -4.66. The zero-order valence-corrected chi connectivity index (χ0v) is 23.3. The van der Waals surface area contributed by atoms with Crippen LogP contribution in [-0.4, -0.2) is 30.0 Å². The lowest BCUT2D eigenvalue weighted by Gasteiger charge is -2.16. The van der Waals surface area contributed by atoms with Crippen LogP contribution in [-0.2, 0) is 18.4 Å². The number of rotatable bonds is 7. The molecule has 0 amide bonds. The Balaban J connectivity index is 1.36. The fraction of sp³-hybridized carbons (Fsp3) is 0.156. The lowest BCUT2D eigenvalue weighted by Crippen LogP contribution is -2.18. The van der Waals surface area contributed by atoms with E-state index in [-0.39, 0.29) is 0 Å². The first-order valence-corrected chi connectivity index (χ1v) is 13.5. The first-order chi connectivity index (χ1) is 19.7. The van der Waals surface area contributed by atoms with Crippen molar-refractivity contribution in [2.45, 2.75) is 32.3 Å². The van der Waals surface area contributed by atoms with Gasteiger partial charge >= 0.3 is 0 Å². The molecule has 6 aromatic rings. The van der Waals surface area contributed by atoms with Crippen molar-refractivity contribution in [3.05, 3.63) is 119 Å². The van der Waals surface area contributed by atoms with Crippen LogP contribution < -0.4 is 5.73 Å². The molecule has 0 bridgehead atoms. The normalized spacial score (nSPS) is 11.7. The summed E-state index contributed by atoms with van der Waals surface area (Å²) in [5.41, 5.74) is 11.0. The zero-order valence-electron chi connectivity index (χ0n) is 22.5. The van der Waals surface area contributed by atoms with E-state index in [1.54, 1.807) is 32.3 Å². The molecule has 0 spiro atoms. The van der Waals surface area contributed by atoms with Crippen LogP contribution in [0.4, 0.5) is 5.82 Å². The number of nitrogens with zero attached hydrogens (tertiary/aromatic N) is 5. The molecule has 0 saturated heterocycles. The number of hydrogen-bond acceptors (Lipinski definition) is 8. The molecule has 0 aliphatic rings. The molecule has 6 rings (SSSR count). The van der Waals surface area contributed by atoms with Crippen molar-refractivity contribution in [2.24, 2.45) is 0 Å². The lowest BCUT2D eigenvalue weighted by atomic mass is 10.0. The number of hydrogen-bond donors (Lipinski definition) is 2. The molecule has 4 aromatic heterocycles. The van der Waals surface area contributed by atoms with Crippen LogP contribution >= 0.6 is 11.6 Å².